The van der Waals surface area contributed by atoms with Gasteiger partial charge in [0.25, 0.3) is 14.2 Å². The van der Waals surface area contributed by atoms with E-state index in [2.05, 4.69) is 96.4 Å². The molecule has 1 fully saturated rings. The number of aromatic amines is 1. The molecule has 9 heteroatoms. The molecule has 2 heterocycles. The molecule has 2 aromatic heterocycles. The Bertz CT molecular complexity index is 1790. The van der Waals surface area contributed by atoms with Crippen molar-refractivity contribution < 1.29 is 18.9 Å². The molecule has 1 amide bonds. The predicted molar refractivity (Wildman–Crippen MR) is 198 cm³/mol. The van der Waals surface area contributed by atoms with Crippen LogP contribution in [0.2, 0.25) is 5.04 Å². The smallest absolute Gasteiger partial charge is 0.277 e. The SMILES string of the molecule is CC(C)(C)[Si](OCC1CCC(C(=O)c2ncnc3[nH]ccc23)CC1)(c1ccccc1)c1ccccc1.CON(C)C(=O)c1ccccc1C. The van der Waals surface area contributed by atoms with Gasteiger partial charge in [0.15, 0.2) is 5.78 Å². The van der Waals surface area contributed by atoms with E-state index in [4.69, 9.17) is 9.26 Å². The van der Waals surface area contributed by atoms with Crippen LogP contribution in [-0.4, -0.2) is 60.8 Å². The number of aromatic nitrogens is 3. The average molecular weight is 677 g/mol. The highest BCUT2D eigenvalue weighted by Gasteiger charge is 2.50. The van der Waals surface area contributed by atoms with Crippen molar-refractivity contribution in [3.8, 4) is 0 Å². The first-order chi connectivity index (χ1) is 23.6. The Morgan fingerprint density at radius 1 is 0.857 bits per heavy atom. The minimum absolute atomic E-state index is 0.0158. The van der Waals surface area contributed by atoms with Gasteiger partial charge in [-0.25, -0.2) is 15.0 Å². The van der Waals surface area contributed by atoms with Gasteiger partial charge in [0.1, 0.15) is 17.7 Å². The third kappa shape index (κ3) is 7.90. The molecule has 49 heavy (non-hydrogen) atoms. The van der Waals surface area contributed by atoms with Crippen LogP contribution in [0.25, 0.3) is 11.0 Å². The van der Waals surface area contributed by atoms with Gasteiger partial charge >= 0.3 is 0 Å². The zero-order chi connectivity index (χ0) is 35.0. The van der Waals surface area contributed by atoms with E-state index in [9.17, 15) is 9.59 Å². The van der Waals surface area contributed by atoms with E-state index in [0.717, 1.165) is 48.9 Å². The van der Waals surface area contributed by atoms with Gasteiger partial charge in [-0.3, -0.25) is 14.4 Å². The van der Waals surface area contributed by atoms with Gasteiger partial charge in [0.2, 0.25) is 0 Å². The van der Waals surface area contributed by atoms with Crippen LogP contribution in [0.15, 0.2) is 104 Å². The second kappa shape index (κ2) is 15.8. The third-order valence-corrected chi connectivity index (χ3v) is 14.7. The Labute approximate surface area is 291 Å². The Morgan fingerprint density at radius 3 is 2.02 bits per heavy atom. The monoisotopic (exact) mass is 676 g/mol. The number of benzene rings is 3. The summed E-state index contributed by atoms with van der Waals surface area (Å²) in [5, 5.41) is 4.62. The number of hydrogen-bond acceptors (Lipinski definition) is 6. The zero-order valence-electron chi connectivity index (χ0n) is 29.5. The van der Waals surface area contributed by atoms with E-state index < -0.39 is 8.32 Å². The summed E-state index contributed by atoms with van der Waals surface area (Å²) >= 11 is 0. The summed E-state index contributed by atoms with van der Waals surface area (Å²) in [5.41, 5.74) is 2.90. The normalized spacial score (nSPS) is 16.4. The van der Waals surface area contributed by atoms with Gasteiger partial charge in [0.05, 0.1) is 7.11 Å². The van der Waals surface area contributed by atoms with Gasteiger partial charge in [0, 0.05) is 36.7 Å². The highest BCUT2D eigenvalue weighted by atomic mass is 28.4. The first-order valence-corrected chi connectivity index (χ1v) is 18.9. The second-order valence-corrected chi connectivity index (χ2v) is 18.1. The number of Topliss-reactive ketones (excluding diaryl/α,β-unsaturated/α-hetero) is 1. The molecular formula is C40H48N4O4Si. The molecule has 1 saturated carbocycles. The van der Waals surface area contributed by atoms with Crippen molar-refractivity contribution >= 4 is 41.4 Å². The van der Waals surface area contributed by atoms with Crippen LogP contribution < -0.4 is 10.4 Å². The van der Waals surface area contributed by atoms with Crippen molar-refractivity contribution in [2.75, 3.05) is 20.8 Å². The minimum Gasteiger partial charge on any atom is -0.407 e. The van der Waals surface area contributed by atoms with E-state index in [0.29, 0.717) is 17.2 Å². The number of nitrogens with zero attached hydrogens (tertiary/aromatic N) is 3. The lowest BCUT2D eigenvalue weighted by molar-refractivity contribution is -0.0757. The summed E-state index contributed by atoms with van der Waals surface area (Å²) in [6, 6.07) is 30.9. The summed E-state index contributed by atoms with van der Waals surface area (Å²) in [4.78, 5) is 41.4. The fourth-order valence-electron chi connectivity index (χ4n) is 6.92. The van der Waals surface area contributed by atoms with E-state index >= 15 is 0 Å². The van der Waals surface area contributed by atoms with Crippen LogP contribution in [0.4, 0.5) is 0 Å². The van der Waals surface area contributed by atoms with Crippen LogP contribution >= 0.6 is 0 Å². The number of nitrogens with one attached hydrogen (secondary N) is 1. The number of carbonyl (C=O) groups excluding carboxylic acids is 2. The molecule has 1 aliphatic carbocycles. The lowest BCUT2D eigenvalue weighted by Crippen LogP contribution is -2.67. The van der Waals surface area contributed by atoms with Gasteiger partial charge < -0.3 is 9.41 Å². The van der Waals surface area contributed by atoms with Crippen molar-refractivity contribution in [3.63, 3.8) is 0 Å². The highest BCUT2D eigenvalue weighted by molar-refractivity contribution is 6.99. The van der Waals surface area contributed by atoms with Crippen LogP contribution in [0.5, 0.6) is 0 Å². The molecule has 1 aliphatic rings. The molecule has 0 radical (unpaired) electrons. The lowest BCUT2D eigenvalue weighted by atomic mass is 9.79. The van der Waals surface area contributed by atoms with Crippen molar-refractivity contribution in [3.05, 3.63) is 120 Å². The number of rotatable bonds is 9. The van der Waals surface area contributed by atoms with Crippen molar-refractivity contribution in [1.29, 1.82) is 0 Å². The molecule has 0 atom stereocenters. The standard InChI is InChI=1S/C30H35N3O2Si.C10H13NO2/c1-30(2,3)36(24-10-6-4-7-11-24,25-12-8-5-9-13-25)35-20-22-14-16-23(17-15-22)28(34)27-26-18-19-31-29(26)33-21-32-27;1-8-6-4-5-7-9(8)10(12)11(2)13-3/h4-13,18-19,21-23H,14-17,20H2,1-3H3,(H,31,32,33);4-7H,1-3H3. The molecule has 0 spiro atoms. The van der Waals surface area contributed by atoms with Crippen molar-refractivity contribution in [1.82, 2.24) is 20.0 Å². The molecule has 0 saturated heterocycles. The molecule has 256 valence electrons. The van der Waals surface area contributed by atoms with Crippen molar-refractivity contribution in [2.45, 2.75) is 58.4 Å². The maximum Gasteiger partial charge on any atom is 0.277 e. The molecule has 0 unspecified atom stereocenters. The molecule has 5 aromatic rings. The van der Waals surface area contributed by atoms with Gasteiger partial charge in [-0.1, -0.05) is 99.6 Å². The number of ketones is 1. The third-order valence-electron chi connectivity index (χ3n) is 9.69. The summed E-state index contributed by atoms with van der Waals surface area (Å²) < 4.78 is 7.16. The number of hydroxylamine groups is 2. The quantitative estimate of drug-likeness (QED) is 0.101. The number of hydrogen-bond donors (Lipinski definition) is 1. The number of carbonyl (C=O) groups is 2. The molecule has 3 aromatic carbocycles. The first-order valence-electron chi connectivity index (χ1n) is 17.0. The Kier molecular flexibility index (Phi) is 11.6. The van der Waals surface area contributed by atoms with Crippen LogP contribution in [0.1, 0.15) is 72.9 Å². The zero-order valence-corrected chi connectivity index (χ0v) is 30.5. The Balaban J connectivity index is 0.000000304. The summed E-state index contributed by atoms with van der Waals surface area (Å²) in [6.45, 7) is 9.58. The van der Waals surface area contributed by atoms with E-state index in [-0.39, 0.29) is 22.6 Å². The largest absolute Gasteiger partial charge is 0.407 e. The van der Waals surface area contributed by atoms with Crippen molar-refractivity contribution in [2.24, 2.45) is 11.8 Å². The fraction of sp³-hybridized carbons (Fsp3) is 0.350. The van der Waals surface area contributed by atoms with E-state index in [1.807, 2.05) is 37.4 Å². The number of H-pyrrole nitrogens is 1. The summed E-state index contributed by atoms with van der Waals surface area (Å²) in [7, 11) is 0.526. The predicted octanol–water partition coefficient (Wildman–Crippen LogP) is 7.15. The summed E-state index contributed by atoms with van der Waals surface area (Å²) in [5.74, 6) is 0.490. The maximum absolute atomic E-state index is 13.3. The molecular weight excluding hydrogens is 629 g/mol. The van der Waals surface area contributed by atoms with E-state index in [1.54, 1.807) is 13.1 Å². The van der Waals surface area contributed by atoms with Gasteiger partial charge in [-0.2, -0.15) is 0 Å². The van der Waals surface area contributed by atoms with Crippen LogP contribution in [0, 0.1) is 18.8 Å². The number of amides is 1. The van der Waals surface area contributed by atoms with Crippen LogP contribution in [0.3, 0.4) is 0 Å². The summed E-state index contributed by atoms with van der Waals surface area (Å²) in [6.07, 6.45) is 7.05. The molecule has 0 aliphatic heterocycles. The first kappa shape index (κ1) is 35.9. The minimum atomic E-state index is -2.53. The van der Waals surface area contributed by atoms with E-state index in [1.165, 1.54) is 28.9 Å². The number of aryl methyl sites for hydroxylation is 1. The maximum atomic E-state index is 13.3. The Hall–Kier alpha value is -4.44. The lowest BCUT2D eigenvalue weighted by Gasteiger charge is -2.44. The highest BCUT2D eigenvalue weighted by Crippen LogP contribution is 2.39. The van der Waals surface area contributed by atoms with Gasteiger partial charge in [-0.05, 0) is 71.6 Å². The average Bonchev–Trinajstić information content (AvgIpc) is 3.62. The van der Waals surface area contributed by atoms with Crippen LogP contribution in [-0.2, 0) is 9.26 Å². The molecule has 8 nitrogen and oxygen atoms in total. The fourth-order valence-corrected chi connectivity index (χ4v) is 11.6. The topological polar surface area (TPSA) is 97.4 Å². The molecule has 6 rings (SSSR count). The van der Waals surface area contributed by atoms with Gasteiger partial charge in [-0.15, -0.1) is 0 Å². The number of fused-ring (bicyclic) bond motifs is 1. The Morgan fingerprint density at radius 2 is 1.45 bits per heavy atom. The second-order valence-electron chi connectivity index (χ2n) is 13.8. The molecule has 1 N–H and O–H groups in total. The molecule has 0 bridgehead atoms.